The molecule has 0 radical (unpaired) electrons. The fraction of sp³-hybridized carbons (Fsp3) is 0.286. The molecule has 0 saturated carbocycles. The highest BCUT2D eigenvalue weighted by atomic mass is 19.1. The Hall–Kier alpha value is -3.47. The number of nitrogens with zero attached hydrogens (tertiary/aromatic N) is 1. The minimum atomic E-state index is -0.726. The standard InChI is InChI=1S/C28H31FN2O2/c1-3-18-30-28(33)21(2)31(20-24-16-10-11-17-26(24)29)27(32)19-25(22-12-6-4-7-13-22)23-14-8-5-9-15-23/h4-17,21,25H,3,18-20H2,1-2H3,(H,30,33)/t21-/m1/s1. The molecule has 33 heavy (non-hydrogen) atoms. The molecule has 0 aliphatic carbocycles. The average Bonchev–Trinajstić information content (AvgIpc) is 2.85. The Morgan fingerprint density at radius 2 is 1.42 bits per heavy atom. The predicted molar refractivity (Wildman–Crippen MR) is 129 cm³/mol. The minimum absolute atomic E-state index is 0.0303. The quantitative estimate of drug-likeness (QED) is 0.460. The fourth-order valence-corrected chi connectivity index (χ4v) is 3.88. The van der Waals surface area contributed by atoms with Crippen LogP contribution in [0.5, 0.6) is 0 Å². The van der Waals surface area contributed by atoms with Crippen molar-refractivity contribution in [3.05, 3.63) is 107 Å². The summed E-state index contributed by atoms with van der Waals surface area (Å²) in [7, 11) is 0. The van der Waals surface area contributed by atoms with Crippen LogP contribution < -0.4 is 5.32 Å². The van der Waals surface area contributed by atoms with Crippen LogP contribution in [0.25, 0.3) is 0 Å². The number of nitrogens with one attached hydrogen (secondary N) is 1. The first-order valence-corrected chi connectivity index (χ1v) is 11.4. The highest BCUT2D eigenvalue weighted by molar-refractivity contribution is 5.87. The van der Waals surface area contributed by atoms with E-state index in [0.29, 0.717) is 12.1 Å². The van der Waals surface area contributed by atoms with E-state index in [0.717, 1.165) is 17.5 Å². The van der Waals surface area contributed by atoms with E-state index >= 15 is 0 Å². The van der Waals surface area contributed by atoms with Gasteiger partial charge in [0.25, 0.3) is 0 Å². The molecular formula is C28H31FN2O2. The molecule has 172 valence electrons. The van der Waals surface area contributed by atoms with Crippen molar-refractivity contribution in [2.45, 2.75) is 45.2 Å². The number of halogens is 1. The van der Waals surface area contributed by atoms with Crippen molar-refractivity contribution >= 4 is 11.8 Å². The maximum atomic E-state index is 14.4. The van der Waals surface area contributed by atoms with E-state index in [1.54, 1.807) is 25.1 Å². The summed E-state index contributed by atoms with van der Waals surface area (Å²) < 4.78 is 14.4. The van der Waals surface area contributed by atoms with Gasteiger partial charge < -0.3 is 10.2 Å². The van der Waals surface area contributed by atoms with E-state index in [1.165, 1.54) is 11.0 Å². The summed E-state index contributed by atoms with van der Waals surface area (Å²) in [5.74, 6) is -0.999. The summed E-state index contributed by atoms with van der Waals surface area (Å²) in [4.78, 5) is 27.9. The van der Waals surface area contributed by atoms with Crippen molar-refractivity contribution in [2.24, 2.45) is 0 Å². The van der Waals surface area contributed by atoms with Crippen LogP contribution in [0.15, 0.2) is 84.9 Å². The molecule has 5 heteroatoms. The van der Waals surface area contributed by atoms with Crippen molar-refractivity contribution < 1.29 is 14.0 Å². The summed E-state index contributed by atoms with van der Waals surface area (Å²) in [5.41, 5.74) is 2.42. The molecule has 0 aliphatic heterocycles. The van der Waals surface area contributed by atoms with Crippen LogP contribution in [0.1, 0.15) is 49.3 Å². The Bertz CT molecular complexity index is 1000. The number of amides is 2. The number of benzene rings is 3. The number of carbonyl (C=O) groups is 2. The highest BCUT2D eigenvalue weighted by Crippen LogP contribution is 2.29. The zero-order valence-electron chi connectivity index (χ0n) is 19.2. The monoisotopic (exact) mass is 446 g/mol. The maximum Gasteiger partial charge on any atom is 0.242 e. The molecule has 0 spiro atoms. The summed E-state index contributed by atoms with van der Waals surface area (Å²) in [5, 5.41) is 2.86. The molecule has 0 saturated heterocycles. The zero-order valence-corrected chi connectivity index (χ0v) is 19.2. The second-order valence-corrected chi connectivity index (χ2v) is 8.16. The lowest BCUT2D eigenvalue weighted by Gasteiger charge is -2.30. The summed E-state index contributed by atoms with van der Waals surface area (Å²) >= 11 is 0. The van der Waals surface area contributed by atoms with Crippen LogP contribution in [-0.4, -0.2) is 29.3 Å². The number of rotatable bonds is 10. The third-order valence-corrected chi connectivity index (χ3v) is 5.80. The summed E-state index contributed by atoms with van der Waals surface area (Å²) in [6.45, 7) is 4.23. The van der Waals surface area contributed by atoms with Gasteiger partial charge in [0, 0.05) is 31.0 Å². The molecule has 4 nitrogen and oxygen atoms in total. The molecule has 0 heterocycles. The molecule has 1 N–H and O–H groups in total. The Kier molecular flexibility index (Phi) is 8.76. The van der Waals surface area contributed by atoms with Gasteiger partial charge in [-0.1, -0.05) is 85.8 Å². The topological polar surface area (TPSA) is 49.4 Å². The van der Waals surface area contributed by atoms with Gasteiger partial charge in [0.05, 0.1) is 0 Å². The molecule has 3 rings (SSSR count). The number of carbonyl (C=O) groups excluding carboxylic acids is 2. The normalized spacial score (nSPS) is 11.8. The van der Waals surface area contributed by atoms with Crippen LogP contribution in [0.2, 0.25) is 0 Å². The van der Waals surface area contributed by atoms with Crippen LogP contribution in [0.3, 0.4) is 0 Å². The highest BCUT2D eigenvalue weighted by Gasteiger charge is 2.29. The lowest BCUT2D eigenvalue weighted by molar-refractivity contribution is -0.140. The van der Waals surface area contributed by atoms with Crippen molar-refractivity contribution in [2.75, 3.05) is 6.54 Å². The molecule has 0 aromatic heterocycles. The largest absolute Gasteiger partial charge is 0.354 e. The second-order valence-electron chi connectivity index (χ2n) is 8.16. The van der Waals surface area contributed by atoms with E-state index in [-0.39, 0.29) is 36.5 Å². The Morgan fingerprint density at radius 3 is 1.97 bits per heavy atom. The lowest BCUT2D eigenvalue weighted by Crippen LogP contribution is -2.48. The predicted octanol–water partition coefficient (Wildman–Crippen LogP) is 5.29. The Balaban J connectivity index is 1.91. The summed E-state index contributed by atoms with van der Waals surface area (Å²) in [6, 6.07) is 25.4. The molecule has 2 amide bonds. The van der Waals surface area contributed by atoms with E-state index < -0.39 is 6.04 Å². The van der Waals surface area contributed by atoms with Gasteiger partial charge in [-0.15, -0.1) is 0 Å². The second kappa shape index (κ2) is 12.0. The first-order chi connectivity index (χ1) is 16.0. The fourth-order valence-electron chi connectivity index (χ4n) is 3.88. The summed E-state index contributed by atoms with van der Waals surface area (Å²) in [6.07, 6.45) is 0.970. The molecule has 0 bridgehead atoms. The first kappa shape index (κ1) is 24.2. The van der Waals surface area contributed by atoms with Crippen molar-refractivity contribution in [1.82, 2.24) is 10.2 Å². The average molecular weight is 447 g/mol. The van der Waals surface area contributed by atoms with Gasteiger partial charge in [0.1, 0.15) is 11.9 Å². The van der Waals surface area contributed by atoms with Crippen LogP contribution in [0.4, 0.5) is 4.39 Å². The van der Waals surface area contributed by atoms with Gasteiger partial charge in [-0.3, -0.25) is 9.59 Å². The lowest BCUT2D eigenvalue weighted by atomic mass is 9.88. The van der Waals surface area contributed by atoms with Gasteiger partial charge in [-0.2, -0.15) is 0 Å². The van der Waals surface area contributed by atoms with Crippen molar-refractivity contribution in [1.29, 1.82) is 0 Å². The van der Waals surface area contributed by atoms with Gasteiger partial charge in [0.2, 0.25) is 11.8 Å². The van der Waals surface area contributed by atoms with E-state index in [4.69, 9.17) is 0 Å². The molecule has 0 aliphatic rings. The van der Waals surface area contributed by atoms with Gasteiger partial charge in [-0.25, -0.2) is 4.39 Å². The molecule has 3 aromatic rings. The zero-order chi connectivity index (χ0) is 23.6. The van der Waals surface area contributed by atoms with Gasteiger partial charge in [0.15, 0.2) is 0 Å². The first-order valence-electron chi connectivity index (χ1n) is 11.4. The Morgan fingerprint density at radius 1 is 0.879 bits per heavy atom. The molecule has 1 atom stereocenters. The molecule has 3 aromatic carbocycles. The maximum absolute atomic E-state index is 14.4. The van der Waals surface area contributed by atoms with E-state index in [2.05, 4.69) is 5.32 Å². The van der Waals surface area contributed by atoms with Gasteiger partial charge >= 0.3 is 0 Å². The Labute approximate surface area is 195 Å². The third-order valence-electron chi connectivity index (χ3n) is 5.80. The van der Waals surface area contributed by atoms with Crippen LogP contribution >= 0.6 is 0 Å². The molecular weight excluding hydrogens is 415 g/mol. The number of hydrogen-bond donors (Lipinski definition) is 1. The number of hydrogen-bond acceptors (Lipinski definition) is 2. The van der Waals surface area contributed by atoms with Gasteiger partial charge in [-0.05, 0) is 30.5 Å². The minimum Gasteiger partial charge on any atom is -0.354 e. The van der Waals surface area contributed by atoms with E-state index in [9.17, 15) is 14.0 Å². The van der Waals surface area contributed by atoms with Crippen LogP contribution in [0, 0.1) is 5.82 Å². The third kappa shape index (κ3) is 6.51. The van der Waals surface area contributed by atoms with Crippen molar-refractivity contribution in [3.8, 4) is 0 Å². The van der Waals surface area contributed by atoms with E-state index in [1.807, 2.05) is 67.6 Å². The molecule has 0 fully saturated rings. The van der Waals surface area contributed by atoms with Crippen molar-refractivity contribution in [3.63, 3.8) is 0 Å². The SMILES string of the molecule is CCCNC(=O)[C@@H](C)N(Cc1ccccc1F)C(=O)CC(c1ccccc1)c1ccccc1. The smallest absolute Gasteiger partial charge is 0.242 e. The molecule has 0 unspecified atom stereocenters. The van der Waals surface area contributed by atoms with Crippen LogP contribution in [-0.2, 0) is 16.1 Å².